The summed E-state index contributed by atoms with van der Waals surface area (Å²) in [5.74, 6) is -2.75. The Kier molecular flexibility index (Phi) is 4.42. The predicted molar refractivity (Wildman–Crippen MR) is 57.4 cm³/mol. The molecule has 1 amide bonds. The molecular weight excluding hydrogens is 253 g/mol. The number of aliphatic hydroxyl groups excluding tert-OH is 1. The smallest absolute Gasteiger partial charge is 0.334 e. The lowest BCUT2D eigenvalue weighted by Gasteiger charge is -2.08. The maximum atomic E-state index is 12.8. The lowest BCUT2D eigenvalue weighted by Crippen LogP contribution is -2.36. The first-order chi connectivity index (χ1) is 7.91. The molecule has 1 atom stereocenters. The Morgan fingerprint density at radius 1 is 1.47 bits per heavy atom. The van der Waals surface area contributed by atoms with Gasteiger partial charge in [0, 0.05) is 5.56 Å². The van der Waals surface area contributed by atoms with Crippen molar-refractivity contribution in [2.24, 2.45) is 0 Å². The van der Waals surface area contributed by atoms with Gasteiger partial charge in [-0.25, -0.2) is 9.18 Å². The molecule has 0 bridgehead atoms. The molecule has 1 aromatic rings. The lowest BCUT2D eigenvalue weighted by molar-refractivity contribution is -0.146. The Morgan fingerprint density at radius 2 is 2.12 bits per heavy atom. The van der Waals surface area contributed by atoms with Crippen LogP contribution in [0.4, 0.5) is 4.39 Å². The molecule has 3 N–H and O–H groups in total. The third kappa shape index (κ3) is 3.69. The first-order valence-corrected chi connectivity index (χ1v) is 4.93. The van der Waals surface area contributed by atoms with Gasteiger partial charge in [0.05, 0.1) is 11.6 Å². The summed E-state index contributed by atoms with van der Waals surface area (Å²) in [6.07, 6.45) is -1.69. The Labute approximate surface area is 101 Å². The molecule has 0 aliphatic heterocycles. The SMILES string of the molecule is O=C(NCC(O)C(=O)O)c1ccc(F)c(Cl)c1. The van der Waals surface area contributed by atoms with Gasteiger partial charge in [-0.05, 0) is 18.2 Å². The van der Waals surface area contributed by atoms with Crippen LogP contribution in [-0.4, -0.2) is 34.7 Å². The average Bonchev–Trinajstić information content (AvgIpc) is 2.28. The van der Waals surface area contributed by atoms with Crippen LogP contribution in [0.3, 0.4) is 0 Å². The minimum atomic E-state index is -1.69. The molecule has 0 heterocycles. The van der Waals surface area contributed by atoms with E-state index in [-0.39, 0.29) is 10.6 Å². The second-order valence-electron chi connectivity index (χ2n) is 3.19. The Hall–Kier alpha value is -1.66. The zero-order chi connectivity index (χ0) is 13.0. The van der Waals surface area contributed by atoms with E-state index in [1.807, 2.05) is 0 Å². The molecule has 0 saturated heterocycles. The number of benzene rings is 1. The van der Waals surface area contributed by atoms with Crippen LogP contribution >= 0.6 is 11.6 Å². The van der Waals surface area contributed by atoms with Crippen LogP contribution in [0.25, 0.3) is 0 Å². The molecule has 1 aromatic carbocycles. The quantitative estimate of drug-likeness (QED) is 0.743. The van der Waals surface area contributed by atoms with Gasteiger partial charge in [-0.2, -0.15) is 0 Å². The van der Waals surface area contributed by atoms with Gasteiger partial charge >= 0.3 is 5.97 Å². The molecule has 1 rings (SSSR count). The highest BCUT2D eigenvalue weighted by atomic mass is 35.5. The third-order valence-corrected chi connectivity index (χ3v) is 2.21. The molecule has 0 radical (unpaired) electrons. The van der Waals surface area contributed by atoms with Crippen molar-refractivity contribution in [3.63, 3.8) is 0 Å². The van der Waals surface area contributed by atoms with Crippen LogP contribution in [0.2, 0.25) is 5.02 Å². The van der Waals surface area contributed by atoms with E-state index in [0.29, 0.717) is 0 Å². The number of aliphatic hydroxyl groups is 1. The van der Waals surface area contributed by atoms with Crippen LogP contribution in [0.5, 0.6) is 0 Å². The second-order valence-corrected chi connectivity index (χ2v) is 3.60. The van der Waals surface area contributed by atoms with Gasteiger partial charge in [-0.1, -0.05) is 11.6 Å². The van der Waals surface area contributed by atoms with E-state index < -0.39 is 30.3 Å². The first kappa shape index (κ1) is 13.4. The van der Waals surface area contributed by atoms with Crippen molar-refractivity contribution in [3.05, 3.63) is 34.6 Å². The first-order valence-electron chi connectivity index (χ1n) is 4.56. The van der Waals surface area contributed by atoms with Gasteiger partial charge in [-0.15, -0.1) is 0 Å². The normalized spacial score (nSPS) is 11.9. The molecule has 0 spiro atoms. The number of carboxylic acid groups (broad SMARTS) is 1. The maximum absolute atomic E-state index is 12.8. The van der Waals surface area contributed by atoms with E-state index in [0.717, 1.165) is 12.1 Å². The molecule has 0 aromatic heterocycles. The van der Waals surface area contributed by atoms with Crippen molar-refractivity contribution in [3.8, 4) is 0 Å². The van der Waals surface area contributed by atoms with Crippen molar-refractivity contribution >= 4 is 23.5 Å². The van der Waals surface area contributed by atoms with Gasteiger partial charge in [-0.3, -0.25) is 4.79 Å². The molecule has 7 heteroatoms. The van der Waals surface area contributed by atoms with E-state index in [1.165, 1.54) is 6.07 Å². The molecule has 0 saturated carbocycles. The third-order valence-electron chi connectivity index (χ3n) is 1.92. The van der Waals surface area contributed by atoms with E-state index in [1.54, 1.807) is 0 Å². The summed E-state index contributed by atoms with van der Waals surface area (Å²) >= 11 is 5.47. The monoisotopic (exact) mass is 261 g/mol. The fourth-order valence-electron chi connectivity index (χ4n) is 1.02. The molecule has 92 valence electrons. The predicted octanol–water partition coefficient (Wildman–Crippen LogP) is 0.654. The minimum Gasteiger partial charge on any atom is -0.479 e. The second kappa shape index (κ2) is 5.60. The summed E-state index contributed by atoms with van der Waals surface area (Å²) in [6, 6.07) is 3.33. The number of nitrogens with one attached hydrogen (secondary N) is 1. The van der Waals surface area contributed by atoms with Crippen LogP contribution in [-0.2, 0) is 4.79 Å². The van der Waals surface area contributed by atoms with E-state index >= 15 is 0 Å². The fourth-order valence-corrected chi connectivity index (χ4v) is 1.20. The zero-order valence-corrected chi connectivity index (χ0v) is 9.24. The van der Waals surface area contributed by atoms with Gasteiger partial charge < -0.3 is 15.5 Å². The van der Waals surface area contributed by atoms with Gasteiger partial charge in [0.1, 0.15) is 5.82 Å². The summed E-state index contributed by atoms with van der Waals surface area (Å²) in [5, 5.41) is 19.3. The van der Waals surface area contributed by atoms with Crippen LogP contribution in [0, 0.1) is 5.82 Å². The van der Waals surface area contributed by atoms with Crippen molar-refractivity contribution in [2.75, 3.05) is 6.54 Å². The Balaban J connectivity index is 2.64. The lowest BCUT2D eigenvalue weighted by atomic mass is 10.2. The summed E-state index contributed by atoms with van der Waals surface area (Å²) < 4.78 is 12.8. The number of carboxylic acids is 1. The number of rotatable bonds is 4. The van der Waals surface area contributed by atoms with Gasteiger partial charge in [0.15, 0.2) is 6.10 Å². The number of carbonyl (C=O) groups excluding carboxylic acids is 1. The largest absolute Gasteiger partial charge is 0.479 e. The summed E-state index contributed by atoms with van der Waals surface area (Å²) in [6.45, 7) is -0.441. The molecule has 0 aliphatic rings. The highest BCUT2D eigenvalue weighted by molar-refractivity contribution is 6.31. The van der Waals surface area contributed by atoms with Crippen molar-refractivity contribution < 1.29 is 24.2 Å². The molecule has 17 heavy (non-hydrogen) atoms. The number of hydrogen-bond donors (Lipinski definition) is 3. The zero-order valence-electron chi connectivity index (χ0n) is 8.48. The van der Waals surface area contributed by atoms with Gasteiger partial charge in [0.2, 0.25) is 0 Å². The molecular formula is C10H9ClFNO4. The molecule has 0 aliphatic carbocycles. The van der Waals surface area contributed by atoms with E-state index in [4.69, 9.17) is 21.8 Å². The maximum Gasteiger partial charge on any atom is 0.334 e. The van der Waals surface area contributed by atoms with E-state index in [9.17, 15) is 14.0 Å². The van der Waals surface area contributed by atoms with Crippen LogP contribution in [0.1, 0.15) is 10.4 Å². The molecule has 1 unspecified atom stereocenters. The van der Waals surface area contributed by atoms with Crippen molar-refractivity contribution in [2.45, 2.75) is 6.10 Å². The molecule has 5 nitrogen and oxygen atoms in total. The summed E-state index contributed by atoms with van der Waals surface area (Å²) in [7, 11) is 0. The number of amides is 1. The fraction of sp³-hybridized carbons (Fsp3) is 0.200. The van der Waals surface area contributed by atoms with E-state index in [2.05, 4.69) is 5.32 Å². The summed E-state index contributed by atoms with van der Waals surface area (Å²) in [5.41, 5.74) is 0.0778. The standard InChI is InChI=1S/C10H9ClFNO4/c11-6-3-5(1-2-7(6)12)9(15)13-4-8(14)10(16)17/h1-3,8,14H,4H2,(H,13,15)(H,16,17). The summed E-state index contributed by atoms with van der Waals surface area (Å²) in [4.78, 5) is 21.7. The topological polar surface area (TPSA) is 86.6 Å². The van der Waals surface area contributed by atoms with Crippen LogP contribution in [0.15, 0.2) is 18.2 Å². The van der Waals surface area contributed by atoms with Crippen molar-refractivity contribution in [1.29, 1.82) is 0 Å². The highest BCUT2D eigenvalue weighted by Crippen LogP contribution is 2.15. The highest BCUT2D eigenvalue weighted by Gasteiger charge is 2.15. The number of hydrogen-bond acceptors (Lipinski definition) is 3. The molecule has 0 fully saturated rings. The average molecular weight is 262 g/mol. The number of halogens is 2. The Morgan fingerprint density at radius 3 is 2.65 bits per heavy atom. The van der Waals surface area contributed by atoms with Crippen LogP contribution < -0.4 is 5.32 Å². The minimum absolute atomic E-state index is 0.0778. The number of carbonyl (C=O) groups is 2. The number of aliphatic carboxylic acids is 1. The van der Waals surface area contributed by atoms with Gasteiger partial charge in [0.25, 0.3) is 5.91 Å². The Bertz CT molecular complexity index is 452. The van der Waals surface area contributed by atoms with Crippen molar-refractivity contribution in [1.82, 2.24) is 5.32 Å².